The highest BCUT2D eigenvalue weighted by molar-refractivity contribution is 7.18. The van der Waals surface area contributed by atoms with Crippen molar-refractivity contribution in [1.82, 2.24) is 19.7 Å². The Balaban J connectivity index is 1.42. The van der Waals surface area contributed by atoms with Crippen molar-refractivity contribution in [2.45, 2.75) is 6.92 Å². The molecule has 4 aromatic heterocycles. The molecule has 0 bridgehead atoms. The SMILES string of the molecule is Cc1cc(NC(=O)c2ccco2)sc1C(=O)Nc1ccccc1-n1ncc2c(=O)[nH]cnc21. The number of nitrogens with zero attached hydrogens (tertiary/aromatic N) is 3. The largest absolute Gasteiger partial charge is 0.459 e. The van der Waals surface area contributed by atoms with Crippen LogP contribution in [0.2, 0.25) is 0 Å². The molecule has 0 saturated heterocycles. The van der Waals surface area contributed by atoms with E-state index in [9.17, 15) is 14.4 Å². The Morgan fingerprint density at radius 3 is 2.79 bits per heavy atom. The van der Waals surface area contributed by atoms with Crippen molar-refractivity contribution in [2.24, 2.45) is 0 Å². The minimum atomic E-state index is -0.397. The number of para-hydroxylation sites is 2. The first kappa shape index (κ1) is 20.4. The van der Waals surface area contributed by atoms with Crippen LogP contribution in [-0.2, 0) is 0 Å². The summed E-state index contributed by atoms with van der Waals surface area (Å²) in [7, 11) is 0. The number of furan rings is 1. The molecule has 0 atom stereocenters. The van der Waals surface area contributed by atoms with E-state index in [0.29, 0.717) is 37.8 Å². The number of aromatic amines is 1. The van der Waals surface area contributed by atoms with Crippen LogP contribution in [0, 0.1) is 6.92 Å². The lowest BCUT2D eigenvalue weighted by Crippen LogP contribution is -2.14. The van der Waals surface area contributed by atoms with Gasteiger partial charge in [-0.05, 0) is 42.8 Å². The number of aryl methyl sites for hydroxylation is 1. The van der Waals surface area contributed by atoms with Crippen LogP contribution < -0.4 is 16.2 Å². The van der Waals surface area contributed by atoms with Crippen LogP contribution in [0.5, 0.6) is 0 Å². The van der Waals surface area contributed by atoms with Gasteiger partial charge in [-0.1, -0.05) is 12.1 Å². The number of aromatic nitrogens is 4. The number of amides is 2. The van der Waals surface area contributed by atoms with Crippen molar-refractivity contribution < 1.29 is 14.0 Å². The molecule has 0 aliphatic carbocycles. The van der Waals surface area contributed by atoms with Crippen LogP contribution in [0.15, 0.2) is 70.5 Å². The van der Waals surface area contributed by atoms with E-state index in [-0.39, 0.29) is 17.2 Å². The quantitative estimate of drug-likeness (QED) is 0.367. The molecule has 5 aromatic rings. The van der Waals surface area contributed by atoms with Gasteiger partial charge in [0.1, 0.15) is 5.39 Å². The Morgan fingerprint density at radius 1 is 1.12 bits per heavy atom. The third-order valence-corrected chi connectivity index (χ3v) is 6.01. The van der Waals surface area contributed by atoms with E-state index < -0.39 is 5.91 Å². The summed E-state index contributed by atoms with van der Waals surface area (Å²) in [5.41, 5.74) is 1.83. The first-order chi connectivity index (χ1) is 16.0. The summed E-state index contributed by atoms with van der Waals surface area (Å²) in [6, 6.07) is 12.0. The second kappa shape index (κ2) is 8.20. The predicted molar refractivity (Wildman–Crippen MR) is 123 cm³/mol. The Bertz CT molecular complexity index is 1550. The van der Waals surface area contributed by atoms with Gasteiger partial charge in [-0.15, -0.1) is 11.3 Å². The Hall–Kier alpha value is -4.51. The molecule has 0 unspecified atom stereocenters. The number of carbonyl (C=O) groups excluding carboxylic acids is 2. The number of hydrogen-bond acceptors (Lipinski definition) is 7. The molecule has 5 rings (SSSR count). The second-order valence-electron chi connectivity index (χ2n) is 7.05. The van der Waals surface area contributed by atoms with Gasteiger partial charge in [0, 0.05) is 0 Å². The summed E-state index contributed by atoms with van der Waals surface area (Å²) in [6.07, 6.45) is 4.15. The van der Waals surface area contributed by atoms with E-state index in [1.54, 1.807) is 49.4 Å². The fourth-order valence-electron chi connectivity index (χ4n) is 3.33. The van der Waals surface area contributed by atoms with Crippen LogP contribution in [-0.4, -0.2) is 31.6 Å². The minimum absolute atomic E-state index is 0.180. The molecule has 0 spiro atoms. The van der Waals surface area contributed by atoms with Crippen LogP contribution >= 0.6 is 11.3 Å². The average Bonchev–Trinajstić information content (AvgIpc) is 3.54. The summed E-state index contributed by atoms with van der Waals surface area (Å²) in [4.78, 5) is 44.5. The fourth-order valence-corrected chi connectivity index (χ4v) is 4.29. The monoisotopic (exact) mass is 460 g/mol. The van der Waals surface area contributed by atoms with E-state index in [2.05, 4.69) is 25.7 Å². The number of nitrogens with one attached hydrogen (secondary N) is 3. The molecule has 0 saturated carbocycles. The molecule has 2 amide bonds. The zero-order valence-electron chi connectivity index (χ0n) is 17.2. The van der Waals surface area contributed by atoms with Crippen LogP contribution in [0.4, 0.5) is 10.7 Å². The summed E-state index contributed by atoms with van der Waals surface area (Å²) < 4.78 is 6.59. The van der Waals surface area contributed by atoms with Crippen LogP contribution in [0.1, 0.15) is 25.8 Å². The van der Waals surface area contributed by atoms with E-state index in [1.165, 1.54) is 23.5 Å². The zero-order chi connectivity index (χ0) is 22.9. The molecule has 33 heavy (non-hydrogen) atoms. The number of benzene rings is 1. The van der Waals surface area contributed by atoms with Gasteiger partial charge in [0.25, 0.3) is 17.4 Å². The van der Waals surface area contributed by atoms with Crippen LogP contribution in [0.25, 0.3) is 16.7 Å². The molecule has 0 aliphatic rings. The number of hydrogen-bond donors (Lipinski definition) is 3. The van der Waals surface area contributed by atoms with E-state index in [1.807, 2.05) is 0 Å². The number of carbonyl (C=O) groups is 2. The van der Waals surface area contributed by atoms with Gasteiger partial charge in [-0.25, -0.2) is 9.67 Å². The molecule has 4 heterocycles. The number of rotatable bonds is 5. The smallest absolute Gasteiger partial charge is 0.291 e. The third kappa shape index (κ3) is 3.81. The lowest BCUT2D eigenvalue weighted by Gasteiger charge is -2.11. The average molecular weight is 460 g/mol. The molecule has 3 N–H and O–H groups in total. The second-order valence-corrected chi connectivity index (χ2v) is 8.10. The van der Waals surface area contributed by atoms with Crippen molar-refractivity contribution in [3.63, 3.8) is 0 Å². The molecule has 164 valence electrons. The number of thiophene rings is 1. The highest BCUT2D eigenvalue weighted by Gasteiger charge is 2.19. The standard InChI is InChI=1S/C22H16N6O4S/c1-12-9-17(27-21(30)16-7-4-8-32-16)33-18(12)22(31)26-14-5-2-3-6-15(14)28-19-13(10-25-28)20(29)24-11-23-19/h2-11H,1H3,(H,26,31)(H,27,30)(H,23,24,29). The van der Waals surface area contributed by atoms with Crippen molar-refractivity contribution in [3.05, 3.63) is 87.8 Å². The lowest BCUT2D eigenvalue weighted by atomic mass is 10.2. The molecule has 11 heteroatoms. The normalized spacial score (nSPS) is 10.9. The first-order valence-electron chi connectivity index (χ1n) is 9.79. The lowest BCUT2D eigenvalue weighted by molar-refractivity contribution is 0.0995. The Kier molecular flexibility index (Phi) is 5.07. The molecule has 1 aromatic carbocycles. The van der Waals surface area contributed by atoms with Crippen molar-refractivity contribution >= 4 is 44.9 Å². The Labute approximate surface area is 189 Å². The van der Waals surface area contributed by atoms with Gasteiger partial charge in [0.2, 0.25) is 0 Å². The van der Waals surface area contributed by atoms with Gasteiger partial charge >= 0.3 is 0 Å². The first-order valence-corrected chi connectivity index (χ1v) is 10.6. The van der Waals surface area contributed by atoms with Gasteiger partial charge < -0.3 is 20.0 Å². The molecule has 10 nitrogen and oxygen atoms in total. The maximum Gasteiger partial charge on any atom is 0.291 e. The fraction of sp³-hybridized carbons (Fsp3) is 0.0455. The molecular weight excluding hydrogens is 444 g/mol. The van der Waals surface area contributed by atoms with E-state index >= 15 is 0 Å². The van der Waals surface area contributed by atoms with Gasteiger partial charge in [0.05, 0.1) is 40.0 Å². The maximum atomic E-state index is 13.1. The summed E-state index contributed by atoms with van der Waals surface area (Å²) in [6.45, 7) is 1.79. The number of fused-ring (bicyclic) bond motifs is 1. The minimum Gasteiger partial charge on any atom is -0.459 e. The van der Waals surface area contributed by atoms with Crippen LogP contribution in [0.3, 0.4) is 0 Å². The van der Waals surface area contributed by atoms with E-state index in [4.69, 9.17) is 4.42 Å². The van der Waals surface area contributed by atoms with Gasteiger partial charge in [-0.2, -0.15) is 5.10 Å². The molecular formula is C22H16N6O4S. The highest BCUT2D eigenvalue weighted by Crippen LogP contribution is 2.29. The van der Waals surface area contributed by atoms with Crippen molar-refractivity contribution in [1.29, 1.82) is 0 Å². The third-order valence-electron chi connectivity index (χ3n) is 4.86. The number of H-pyrrole nitrogens is 1. The number of anilines is 2. The Morgan fingerprint density at radius 2 is 1.97 bits per heavy atom. The molecule has 0 fully saturated rings. The predicted octanol–water partition coefficient (Wildman–Crippen LogP) is 3.58. The van der Waals surface area contributed by atoms with Crippen molar-refractivity contribution in [3.8, 4) is 5.69 Å². The van der Waals surface area contributed by atoms with Gasteiger partial charge in [0.15, 0.2) is 11.4 Å². The summed E-state index contributed by atoms with van der Waals surface area (Å²) in [5.74, 6) is -0.558. The highest BCUT2D eigenvalue weighted by atomic mass is 32.1. The zero-order valence-corrected chi connectivity index (χ0v) is 18.0. The topological polar surface area (TPSA) is 135 Å². The maximum absolute atomic E-state index is 13.1. The summed E-state index contributed by atoms with van der Waals surface area (Å²) in [5, 5.41) is 10.8. The van der Waals surface area contributed by atoms with Crippen molar-refractivity contribution in [2.75, 3.05) is 10.6 Å². The molecule has 0 radical (unpaired) electrons. The summed E-state index contributed by atoms with van der Waals surface area (Å²) >= 11 is 1.15. The molecule has 0 aliphatic heterocycles. The van der Waals surface area contributed by atoms with Gasteiger partial charge in [-0.3, -0.25) is 14.4 Å². The van der Waals surface area contributed by atoms with E-state index in [0.717, 1.165) is 11.3 Å².